The SMILES string of the molecule is Clc1ccc([C@@H]2NCCc3nc4ccccc4n32)cc1. The minimum atomic E-state index is 0.128. The molecule has 0 aliphatic carbocycles. The van der Waals surface area contributed by atoms with Crippen LogP contribution < -0.4 is 5.32 Å². The van der Waals surface area contributed by atoms with Gasteiger partial charge in [-0.1, -0.05) is 35.9 Å². The van der Waals surface area contributed by atoms with E-state index in [1.807, 2.05) is 18.2 Å². The predicted molar refractivity (Wildman–Crippen MR) is 81.0 cm³/mol. The molecule has 100 valence electrons. The van der Waals surface area contributed by atoms with Gasteiger partial charge in [-0.2, -0.15) is 0 Å². The van der Waals surface area contributed by atoms with Crippen molar-refractivity contribution in [1.29, 1.82) is 0 Å². The molecule has 2 heterocycles. The van der Waals surface area contributed by atoms with Crippen LogP contribution in [0.5, 0.6) is 0 Å². The number of aromatic nitrogens is 2. The smallest absolute Gasteiger partial charge is 0.112 e. The highest BCUT2D eigenvalue weighted by Gasteiger charge is 2.23. The maximum absolute atomic E-state index is 5.99. The normalized spacial score (nSPS) is 18.1. The second kappa shape index (κ2) is 4.62. The minimum absolute atomic E-state index is 0.128. The van der Waals surface area contributed by atoms with Gasteiger partial charge in [0.2, 0.25) is 0 Å². The van der Waals surface area contributed by atoms with E-state index in [9.17, 15) is 0 Å². The molecule has 2 aromatic carbocycles. The lowest BCUT2D eigenvalue weighted by atomic mass is 10.1. The van der Waals surface area contributed by atoms with Crippen molar-refractivity contribution >= 4 is 22.6 Å². The van der Waals surface area contributed by atoms with Crippen molar-refractivity contribution in [3.63, 3.8) is 0 Å². The van der Waals surface area contributed by atoms with E-state index in [4.69, 9.17) is 16.6 Å². The number of hydrogen-bond acceptors (Lipinski definition) is 2. The zero-order valence-corrected chi connectivity index (χ0v) is 11.6. The fourth-order valence-corrected chi connectivity index (χ4v) is 3.01. The van der Waals surface area contributed by atoms with Gasteiger partial charge in [-0.25, -0.2) is 4.98 Å². The van der Waals surface area contributed by atoms with Crippen LogP contribution in [-0.4, -0.2) is 16.1 Å². The Balaban J connectivity index is 1.90. The quantitative estimate of drug-likeness (QED) is 0.742. The van der Waals surface area contributed by atoms with E-state index in [2.05, 4.69) is 40.2 Å². The summed E-state index contributed by atoms with van der Waals surface area (Å²) >= 11 is 5.99. The number of hydrogen-bond donors (Lipinski definition) is 1. The second-order valence-corrected chi connectivity index (χ2v) is 5.48. The summed E-state index contributed by atoms with van der Waals surface area (Å²) in [6.07, 6.45) is 1.09. The first kappa shape index (κ1) is 11.9. The third-order valence-electron chi connectivity index (χ3n) is 3.80. The summed E-state index contributed by atoms with van der Waals surface area (Å²) < 4.78 is 2.29. The van der Waals surface area contributed by atoms with E-state index in [1.54, 1.807) is 0 Å². The van der Waals surface area contributed by atoms with Crippen LogP contribution >= 0.6 is 11.6 Å². The Labute approximate surface area is 122 Å². The van der Waals surface area contributed by atoms with E-state index >= 15 is 0 Å². The molecule has 0 amide bonds. The third kappa shape index (κ3) is 1.82. The van der Waals surface area contributed by atoms with Gasteiger partial charge >= 0.3 is 0 Å². The number of para-hydroxylation sites is 2. The lowest BCUT2D eigenvalue weighted by molar-refractivity contribution is 0.422. The third-order valence-corrected chi connectivity index (χ3v) is 4.05. The summed E-state index contributed by atoms with van der Waals surface area (Å²) in [7, 11) is 0. The monoisotopic (exact) mass is 283 g/mol. The number of nitrogens with one attached hydrogen (secondary N) is 1. The van der Waals surface area contributed by atoms with Crippen LogP contribution in [0.1, 0.15) is 17.6 Å². The topological polar surface area (TPSA) is 29.9 Å². The average molecular weight is 284 g/mol. The zero-order valence-electron chi connectivity index (χ0n) is 10.9. The molecule has 0 saturated heterocycles. The number of benzene rings is 2. The van der Waals surface area contributed by atoms with Crippen molar-refractivity contribution in [3.8, 4) is 0 Å². The van der Waals surface area contributed by atoms with Crippen LogP contribution in [0.2, 0.25) is 5.02 Å². The predicted octanol–water partition coefficient (Wildman–Crippen LogP) is 3.38. The lowest BCUT2D eigenvalue weighted by Gasteiger charge is -2.27. The van der Waals surface area contributed by atoms with E-state index in [0.29, 0.717) is 0 Å². The van der Waals surface area contributed by atoms with Crippen molar-refractivity contribution < 1.29 is 0 Å². The molecule has 3 aromatic rings. The van der Waals surface area contributed by atoms with Gasteiger partial charge in [-0.3, -0.25) is 5.32 Å². The average Bonchev–Trinajstić information content (AvgIpc) is 2.86. The molecule has 4 heteroatoms. The molecule has 1 N–H and O–H groups in total. The van der Waals surface area contributed by atoms with Gasteiger partial charge in [-0.15, -0.1) is 0 Å². The van der Waals surface area contributed by atoms with Gasteiger partial charge in [-0.05, 0) is 29.8 Å². The van der Waals surface area contributed by atoms with Crippen molar-refractivity contribution in [2.45, 2.75) is 12.6 Å². The molecule has 0 spiro atoms. The molecular weight excluding hydrogens is 270 g/mol. The molecule has 1 aliphatic heterocycles. The van der Waals surface area contributed by atoms with Crippen LogP contribution in [0.3, 0.4) is 0 Å². The number of fused-ring (bicyclic) bond motifs is 3. The van der Waals surface area contributed by atoms with Gasteiger partial charge in [0.25, 0.3) is 0 Å². The van der Waals surface area contributed by atoms with Crippen LogP contribution in [0.4, 0.5) is 0 Å². The van der Waals surface area contributed by atoms with Gasteiger partial charge in [0, 0.05) is 18.0 Å². The number of nitrogens with zero attached hydrogens (tertiary/aromatic N) is 2. The second-order valence-electron chi connectivity index (χ2n) is 5.04. The van der Waals surface area contributed by atoms with E-state index in [0.717, 1.165) is 29.3 Å². The number of halogens is 1. The fraction of sp³-hybridized carbons (Fsp3) is 0.188. The van der Waals surface area contributed by atoms with Crippen LogP contribution in [0, 0.1) is 0 Å². The molecule has 3 nitrogen and oxygen atoms in total. The van der Waals surface area contributed by atoms with E-state index in [1.165, 1.54) is 11.1 Å². The molecule has 0 bridgehead atoms. The van der Waals surface area contributed by atoms with Crippen LogP contribution in [0.25, 0.3) is 11.0 Å². The molecular formula is C16H14ClN3. The summed E-state index contributed by atoms with van der Waals surface area (Å²) in [5.41, 5.74) is 3.44. The molecule has 0 radical (unpaired) electrons. The van der Waals surface area contributed by atoms with Crippen molar-refractivity contribution in [2.75, 3.05) is 6.54 Å². The highest BCUT2D eigenvalue weighted by Crippen LogP contribution is 2.27. The van der Waals surface area contributed by atoms with Crippen LogP contribution in [0.15, 0.2) is 48.5 Å². The summed E-state index contributed by atoms with van der Waals surface area (Å²) in [4.78, 5) is 4.74. The van der Waals surface area contributed by atoms with E-state index in [-0.39, 0.29) is 6.17 Å². The Kier molecular flexibility index (Phi) is 2.76. The summed E-state index contributed by atoms with van der Waals surface area (Å²) in [6.45, 7) is 0.941. The summed E-state index contributed by atoms with van der Waals surface area (Å²) in [5, 5.41) is 4.33. The fourth-order valence-electron chi connectivity index (χ4n) is 2.88. The van der Waals surface area contributed by atoms with Crippen molar-refractivity contribution in [1.82, 2.24) is 14.9 Å². The van der Waals surface area contributed by atoms with Crippen molar-refractivity contribution in [3.05, 3.63) is 64.9 Å². The standard InChI is InChI=1S/C16H14ClN3/c17-12-7-5-11(6-8-12)16-18-10-9-15-19-13-3-1-2-4-14(13)20(15)16/h1-8,16,18H,9-10H2/t16-/m1/s1. The molecule has 0 unspecified atom stereocenters. The number of rotatable bonds is 1. The maximum Gasteiger partial charge on any atom is 0.112 e. The first-order chi connectivity index (χ1) is 9.83. The van der Waals surface area contributed by atoms with Gasteiger partial charge < -0.3 is 4.57 Å². The highest BCUT2D eigenvalue weighted by atomic mass is 35.5. The zero-order chi connectivity index (χ0) is 13.5. The Bertz CT molecular complexity index is 761. The van der Waals surface area contributed by atoms with Gasteiger partial charge in [0.05, 0.1) is 11.0 Å². The summed E-state index contributed by atoms with van der Waals surface area (Å²) in [5.74, 6) is 1.14. The van der Waals surface area contributed by atoms with E-state index < -0.39 is 0 Å². The lowest BCUT2D eigenvalue weighted by Crippen LogP contribution is -2.35. The highest BCUT2D eigenvalue weighted by molar-refractivity contribution is 6.30. The Morgan fingerprint density at radius 2 is 1.90 bits per heavy atom. The van der Waals surface area contributed by atoms with Gasteiger partial charge in [0.15, 0.2) is 0 Å². The summed E-state index contributed by atoms with van der Waals surface area (Å²) in [6, 6.07) is 16.3. The molecule has 1 aromatic heterocycles. The molecule has 0 fully saturated rings. The van der Waals surface area contributed by atoms with Crippen molar-refractivity contribution in [2.24, 2.45) is 0 Å². The first-order valence-electron chi connectivity index (χ1n) is 6.77. The molecule has 20 heavy (non-hydrogen) atoms. The molecule has 0 saturated carbocycles. The molecule has 4 rings (SSSR count). The van der Waals surface area contributed by atoms with Gasteiger partial charge in [0.1, 0.15) is 12.0 Å². The minimum Gasteiger partial charge on any atom is -0.307 e. The largest absolute Gasteiger partial charge is 0.307 e. The Hall–Kier alpha value is -1.84. The Morgan fingerprint density at radius 3 is 2.75 bits per heavy atom. The maximum atomic E-state index is 5.99. The molecule has 1 aliphatic rings. The van der Waals surface area contributed by atoms with Crippen LogP contribution in [-0.2, 0) is 6.42 Å². The number of imidazole rings is 1. The Morgan fingerprint density at radius 1 is 1.10 bits per heavy atom. The molecule has 1 atom stereocenters. The first-order valence-corrected chi connectivity index (χ1v) is 7.15.